The molecule has 1 heterocycles. The van der Waals surface area contributed by atoms with E-state index < -0.39 is 0 Å². The van der Waals surface area contributed by atoms with Crippen molar-refractivity contribution in [2.24, 2.45) is 0 Å². The summed E-state index contributed by atoms with van der Waals surface area (Å²) < 4.78 is 0. The monoisotopic (exact) mass is 471 g/mol. The molecule has 1 saturated heterocycles. The van der Waals surface area contributed by atoms with Crippen LogP contribution < -0.4 is 5.32 Å². The van der Waals surface area contributed by atoms with Crippen molar-refractivity contribution >= 4 is 18.1 Å². The van der Waals surface area contributed by atoms with Gasteiger partial charge in [-0.1, -0.05) is 60.2 Å². The SMILES string of the molecule is Cc1ccc(C(=O)N2CCN(C)CC2)c(C)c1.O=CCNC(=O)c1ccc(-c2ccccc2)cc1. The number of rotatable bonds is 5. The molecule has 0 radical (unpaired) electrons. The van der Waals surface area contributed by atoms with E-state index in [1.807, 2.05) is 66.4 Å². The molecule has 1 aliphatic heterocycles. The first kappa shape index (κ1) is 25.8. The zero-order valence-electron chi connectivity index (χ0n) is 20.7. The third kappa shape index (κ3) is 7.36. The van der Waals surface area contributed by atoms with Gasteiger partial charge in [-0.25, -0.2) is 0 Å². The highest BCUT2D eigenvalue weighted by molar-refractivity contribution is 5.96. The van der Waals surface area contributed by atoms with Crippen LogP contribution in [0.15, 0.2) is 72.8 Å². The summed E-state index contributed by atoms with van der Waals surface area (Å²) >= 11 is 0. The van der Waals surface area contributed by atoms with E-state index in [2.05, 4.69) is 30.3 Å². The van der Waals surface area contributed by atoms with Gasteiger partial charge in [0.25, 0.3) is 11.8 Å². The lowest BCUT2D eigenvalue weighted by molar-refractivity contribution is -0.107. The van der Waals surface area contributed by atoms with Crippen LogP contribution in [0.3, 0.4) is 0 Å². The van der Waals surface area contributed by atoms with Crippen molar-refractivity contribution in [1.82, 2.24) is 15.1 Å². The maximum Gasteiger partial charge on any atom is 0.254 e. The summed E-state index contributed by atoms with van der Waals surface area (Å²) in [5.41, 5.74) is 5.85. The Hall–Kier alpha value is -3.77. The molecular weight excluding hydrogens is 438 g/mol. The summed E-state index contributed by atoms with van der Waals surface area (Å²) in [6.07, 6.45) is 0.663. The molecular formula is C29H33N3O3. The molecule has 3 aromatic carbocycles. The van der Waals surface area contributed by atoms with E-state index in [-0.39, 0.29) is 18.4 Å². The van der Waals surface area contributed by atoms with Crippen molar-refractivity contribution in [3.05, 3.63) is 95.1 Å². The van der Waals surface area contributed by atoms with Crippen LogP contribution in [0.4, 0.5) is 0 Å². The van der Waals surface area contributed by atoms with E-state index in [1.54, 1.807) is 12.1 Å². The number of hydrogen-bond acceptors (Lipinski definition) is 4. The van der Waals surface area contributed by atoms with Gasteiger partial charge in [-0.2, -0.15) is 0 Å². The van der Waals surface area contributed by atoms with Crippen molar-refractivity contribution in [3.8, 4) is 11.1 Å². The molecule has 1 aliphatic rings. The molecule has 0 saturated carbocycles. The lowest BCUT2D eigenvalue weighted by Crippen LogP contribution is -2.47. The Morgan fingerprint density at radius 2 is 1.49 bits per heavy atom. The van der Waals surface area contributed by atoms with Gasteiger partial charge in [0.15, 0.2) is 0 Å². The Morgan fingerprint density at radius 1 is 0.857 bits per heavy atom. The molecule has 2 amide bonds. The second-order valence-electron chi connectivity index (χ2n) is 8.73. The summed E-state index contributed by atoms with van der Waals surface area (Å²) in [7, 11) is 2.10. The number of benzene rings is 3. The Morgan fingerprint density at radius 3 is 2.09 bits per heavy atom. The Labute approximate surface area is 207 Å². The predicted octanol–water partition coefficient (Wildman–Crippen LogP) is 3.97. The Bertz CT molecular complexity index is 1140. The molecule has 1 fully saturated rings. The molecule has 3 aromatic rings. The molecule has 0 bridgehead atoms. The summed E-state index contributed by atoms with van der Waals surface area (Å²) in [5, 5.41) is 2.50. The highest BCUT2D eigenvalue weighted by Crippen LogP contribution is 2.19. The lowest BCUT2D eigenvalue weighted by atomic mass is 10.0. The van der Waals surface area contributed by atoms with Crippen LogP contribution in [-0.2, 0) is 4.79 Å². The van der Waals surface area contributed by atoms with E-state index in [0.717, 1.165) is 48.4 Å². The van der Waals surface area contributed by atoms with E-state index in [4.69, 9.17) is 0 Å². The number of nitrogens with one attached hydrogen (secondary N) is 1. The van der Waals surface area contributed by atoms with E-state index >= 15 is 0 Å². The smallest absolute Gasteiger partial charge is 0.254 e. The first-order valence-electron chi connectivity index (χ1n) is 11.8. The number of hydrogen-bond donors (Lipinski definition) is 1. The zero-order valence-corrected chi connectivity index (χ0v) is 20.7. The van der Waals surface area contributed by atoms with Crippen LogP contribution in [0.5, 0.6) is 0 Å². The van der Waals surface area contributed by atoms with Gasteiger partial charge < -0.3 is 19.9 Å². The van der Waals surface area contributed by atoms with E-state index in [9.17, 15) is 14.4 Å². The molecule has 4 rings (SSSR count). The molecule has 1 N–H and O–H groups in total. The van der Waals surface area contributed by atoms with Gasteiger partial charge >= 0.3 is 0 Å². The second kappa shape index (κ2) is 12.6. The van der Waals surface area contributed by atoms with Gasteiger partial charge in [0.1, 0.15) is 6.29 Å². The maximum atomic E-state index is 12.3. The summed E-state index contributed by atoms with van der Waals surface area (Å²) in [6, 6.07) is 23.3. The quantitative estimate of drug-likeness (QED) is 0.572. The van der Waals surface area contributed by atoms with Gasteiger partial charge in [0.05, 0.1) is 6.54 Å². The fourth-order valence-electron chi connectivity index (χ4n) is 3.91. The van der Waals surface area contributed by atoms with Crippen LogP contribution in [0.25, 0.3) is 11.1 Å². The van der Waals surface area contributed by atoms with Crippen molar-refractivity contribution in [2.45, 2.75) is 13.8 Å². The number of aryl methyl sites for hydroxylation is 2. The highest BCUT2D eigenvalue weighted by atomic mass is 16.2. The molecule has 0 unspecified atom stereocenters. The van der Waals surface area contributed by atoms with Crippen LogP contribution >= 0.6 is 0 Å². The Balaban J connectivity index is 0.000000196. The normalized spacial score (nSPS) is 13.4. The van der Waals surface area contributed by atoms with Crippen LogP contribution in [0.2, 0.25) is 0 Å². The summed E-state index contributed by atoms with van der Waals surface area (Å²) in [6.45, 7) is 7.71. The molecule has 0 aliphatic carbocycles. The molecule has 6 nitrogen and oxygen atoms in total. The first-order valence-corrected chi connectivity index (χ1v) is 11.8. The molecule has 0 atom stereocenters. The number of carbonyl (C=O) groups is 3. The average Bonchev–Trinajstić information content (AvgIpc) is 2.88. The topological polar surface area (TPSA) is 69.7 Å². The van der Waals surface area contributed by atoms with E-state index in [1.165, 1.54) is 5.56 Å². The lowest BCUT2D eigenvalue weighted by Gasteiger charge is -2.32. The van der Waals surface area contributed by atoms with Gasteiger partial charge in [-0.3, -0.25) is 9.59 Å². The van der Waals surface area contributed by atoms with Crippen molar-refractivity contribution in [2.75, 3.05) is 39.8 Å². The van der Waals surface area contributed by atoms with Gasteiger partial charge in [0.2, 0.25) is 0 Å². The minimum absolute atomic E-state index is 0.0409. The largest absolute Gasteiger partial charge is 0.345 e. The second-order valence-corrected chi connectivity index (χ2v) is 8.73. The van der Waals surface area contributed by atoms with Crippen molar-refractivity contribution in [1.29, 1.82) is 0 Å². The third-order valence-electron chi connectivity index (χ3n) is 6.00. The van der Waals surface area contributed by atoms with Crippen LogP contribution in [-0.4, -0.2) is 67.7 Å². The molecule has 0 spiro atoms. The zero-order chi connectivity index (χ0) is 25.2. The molecule has 182 valence electrons. The van der Waals surface area contributed by atoms with E-state index in [0.29, 0.717) is 11.8 Å². The Kier molecular flexibility index (Phi) is 9.32. The van der Waals surface area contributed by atoms with Crippen molar-refractivity contribution < 1.29 is 14.4 Å². The number of aldehydes is 1. The average molecular weight is 472 g/mol. The minimum Gasteiger partial charge on any atom is -0.345 e. The first-order chi connectivity index (χ1) is 16.9. The van der Waals surface area contributed by atoms with Crippen LogP contribution in [0.1, 0.15) is 31.8 Å². The highest BCUT2D eigenvalue weighted by Gasteiger charge is 2.21. The summed E-state index contributed by atoms with van der Waals surface area (Å²) in [4.78, 5) is 38.3. The third-order valence-corrected chi connectivity index (χ3v) is 6.00. The predicted molar refractivity (Wildman–Crippen MR) is 140 cm³/mol. The van der Waals surface area contributed by atoms with Crippen LogP contribution in [0, 0.1) is 13.8 Å². The van der Waals surface area contributed by atoms with Gasteiger partial charge in [0, 0.05) is 37.3 Å². The minimum atomic E-state index is -0.235. The number of amides is 2. The number of carbonyl (C=O) groups excluding carboxylic acids is 3. The van der Waals surface area contributed by atoms with Gasteiger partial charge in [-0.05, 0) is 55.8 Å². The number of piperazine rings is 1. The fourth-order valence-corrected chi connectivity index (χ4v) is 3.91. The number of nitrogens with zero attached hydrogens (tertiary/aromatic N) is 2. The van der Waals surface area contributed by atoms with Crippen molar-refractivity contribution in [3.63, 3.8) is 0 Å². The molecule has 35 heavy (non-hydrogen) atoms. The van der Waals surface area contributed by atoms with Gasteiger partial charge in [-0.15, -0.1) is 0 Å². The molecule has 6 heteroatoms. The standard InChI is InChI=1S/C15H13NO2.C14H20N2O/c17-11-10-16-15(18)14-8-6-13(7-9-14)12-4-2-1-3-5-12;1-11-4-5-13(12(2)10-11)14(17)16-8-6-15(3)7-9-16/h1-9,11H,10H2,(H,16,18);4-5,10H,6-9H2,1-3H3. The fraction of sp³-hybridized carbons (Fsp3) is 0.276. The molecule has 0 aromatic heterocycles. The summed E-state index contributed by atoms with van der Waals surface area (Å²) in [5.74, 6) is -0.0580. The maximum absolute atomic E-state index is 12.3. The number of likely N-dealkylation sites (N-methyl/N-ethyl adjacent to an activating group) is 1.